The van der Waals surface area contributed by atoms with Gasteiger partial charge in [-0.15, -0.1) is 0 Å². The molecule has 3 nitrogen and oxygen atoms in total. The average Bonchev–Trinajstić information content (AvgIpc) is 2.45. The van der Waals surface area contributed by atoms with Gasteiger partial charge in [0, 0.05) is 6.42 Å². The molecule has 0 radical (unpaired) electrons. The van der Waals surface area contributed by atoms with Crippen molar-refractivity contribution in [3.05, 3.63) is 35.4 Å². The Morgan fingerprint density at radius 3 is 2.44 bits per heavy atom. The largest absolute Gasteiger partial charge is 0.388 e. The topological polar surface area (TPSA) is 54.4 Å². The maximum atomic E-state index is 11.3. The van der Waals surface area contributed by atoms with Crippen molar-refractivity contribution in [2.45, 2.75) is 25.4 Å². The molecular formula is C12H16O3S. The van der Waals surface area contributed by atoms with Crippen molar-refractivity contribution in [3.63, 3.8) is 0 Å². The molecule has 0 saturated carbocycles. The molecule has 1 atom stereocenters. The van der Waals surface area contributed by atoms with Gasteiger partial charge in [0.05, 0.1) is 17.1 Å². The Morgan fingerprint density at radius 2 is 1.94 bits per heavy atom. The molecule has 0 aromatic heterocycles. The molecule has 0 bridgehead atoms. The zero-order valence-electron chi connectivity index (χ0n) is 9.31. The van der Waals surface area contributed by atoms with Crippen molar-refractivity contribution in [1.82, 2.24) is 0 Å². The number of rotatable bonds is 2. The highest BCUT2D eigenvalue weighted by molar-refractivity contribution is 7.91. The molecule has 4 heteroatoms. The normalized spacial score (nSPS) is 28.1. The quantitative estimate of drug-likeness (QED) is 0.842. The molecular weight excluding hydrogens is 224 g/mol. The van der Waals surface area contributed by atoms with E-state index in [0.29, 0.717) is 12.8 Å². The predicted octanol–water partition coefficient (Wildman–Crippen LogP) is 1.09. The van der Waals surface area contributed by atoms with Crippen molar-refractivity contribution >= 4 is 9.84 Å². The smallest absolute Gasteiger partial charge is 0.153 e. The van der Waals surface area contributed by atoms with Gasteiger partial charge in [0.15, 0.2) is 9.84 Å². The van der Waals surface area contributed by atoms with Crippen molar-refractivity contribution in [2.75, 3.05) is 11.5 Å². The van der Waals surface area contributed by atoms with Crippen LogP contribution in [0.4, 0.5) is 0 Å². The summed E-state index contributed by atoms with van der Waals surface area (Å²) in [5.74, 6) is 0.00321. The second kappa shape index (κ2) is 3.86. The second-order valence-corrected chi connectivity index (χ2v) is 6.91. The van der Waals surface area contributed by atoms with Crippen LogP contribution in [0.25, 0.3) is 0 Å². The standard InChI is InChI=1S/C12H16O3S/c1-10-2-4-11(5-3-10)8-12(13)6-7-16(14,15)9-12/h2-5,13H,6-9H2,1H3. The Morgan fingerprint density at radius 1 is 1.31 bits per heavy atom. The summed E-state index contributed by atoms with van der Waals surface area (Å²) in [5, 5.41) is 10.2. The molecule has 1 saturated heterocycles. The molecule has 1 aromatic rings. The van der Waals surface area contributed by atoms with E-state index in [1.54, 1.807) is 0 Å². The van der Waals surface area contributed by atoms with Gasteiger partial charge in [-0.3, -0.25) is 0 Å². The lowest BCUT2D eigenvalue weighted by molar-refractivity contribution is 0.0682. The molecule has 1 fully saturated rings. The highest BCUT2D eigenvalue weighted by atomic mass is 32.2. The minimum absolute atomic E-state index is 0.103. The molecule has 1 heterocycles. The van der Waals surface area contributed by atoms with E-state index in [0.717, 1.165) is 11.1 Å². The molecule has 0 spiro atoms. The van der Waals surface area contributed by atoms with Crippen molar-refractivity contribution in [3.8, 4) is 0 Å². The fraction of sp³-hybridized carbons (Fsp3) is 0.500. The highest BCUT2D eigenvalue weighted by Gasteiger charge is 2.40. The summed E-state index contributed by atoms with van der Waals surface area (Å²) in [6, 6.07) is 7.83. The number of aryl methyl sites for hydroxylation is 1. The van der Waals surface area contributed by atoms with Crippen LogP contribution in [-0.4, -0.2) is 30.6 Å². The molecule has 1 unspecified atom stereocenters. The maximum absolute atomic E-state index is 11.3. The van der Waals surface area contributed by atoms with Crippen molar-refractivity contribution in [2.24, 2.45) is 0 Å². The Kier molecular flexibility index (Phi) is 2.80. The van der Waals surface area contributed by atoms with Crippen LogP contribution in [0.3, 0.4) is 0 Å². The monoisotopic (exact) mass is 240 g/mol. The van der Waals surface area contributed by atoms with E-state index in [1.165, 1.54) is 0 Å². The first-order chi connectivity index (χ1) is 7.39. The minimum atomic E-state index is -3.03. The molecule has 1 aliphatic rings. The summed E-state index contributed by atoms with van der Waals surface area (Å²) in [4.78, 5) is 0. The van der Waals surface area contributed by atoms with Gasteiger partial charge in [-0.25, -0.2) is 8.42 Å². The van der Waals surface area contributed by atoms with Crippen LogP contribution in [0.5, 0.6) is 0 Å². The second-order valence-electron chi connectivity index (χ2n) is 4.73. The first kappa shape index (κ1) is 11.6. The fourth-order valence-electron chi connectivity index (χ4n) is 2.12. The lowest BCUT2D eigenvalue weighted by Gasteiger charge is -2.20. The lowest BCUT2D eigenvalue weighted by Crippen LogP contribution is -2.32. The predicted molar refractivity (Wildman–Crippen MR) is 63.1 cm³/mol. The fourth-order valence-corrected chi connectivity index (χ4v) is 4.02. The number of hydrogen-bond donors (Lipinski definition) is 1. The number of aliphatic hydroxyl groups is 1. The Hall–Kier alpha value is -0.870. The van der Waals surface area contributed by atoms with Gasteiger partial charge >= 0.3 is 0 Å². The Balaban J connectivity index is 2.13. The molecule has 1 N–H and O–H groups in total. The van der Waals surface area contributed by atoms with Gasteiger partial charge in [0.25, 0.3) is 0 Å². The number of benzene rings is 1. The summed E-state index contributed by atoms with van der Waals surface area (Å²) >= 11 is 0. The van der Waals surface area contributed by atoms with E-state index in [2.05, 4.69) is 0 Å². The van der Waals surface area contributed by atoms with Gasteiger partial charge in [-0.05, 0) is 18.9 Å². The SMILES string of the molecule is Cc1ccc(CC2(O)CCS(=O)(=O)C2)cc1. The van der Waals surface area contributed by atoms with E-state index in [1.807, 2.05) is 31.2 Å². The molecule has 16 heavy (non-hydrogen) atoms. The molecule has 0 aliphatic carbocycles. The molecule has 88 valence electrons. The highest BCUT2D eigenvalue weighted by Crippen LogP contribution is 2.27. The summed E-state index contributed by atoms with van der Waals surface area (Å²) in [6.45, 7) is 2.00. The van der Waals surface area contributed by atoms with Gasteiger partial charge in [0.2, 0.25) is 0 Å². The molecule has 1 aromatic carbocycles. The number of hydrogen-bond acceptors (Lipinski definition) is 3. The molecule has 2 rings (SSSR count). The van der Waals surface area contributed by atoms with Crippen LogP contribution in [0.1, 0.15) is 17.5 Å². The van der Waals surface area contributed by atoms with Crippen LogP contribution < -0.4 is 0 Å². The van der Waals surface area contributed by atoms with Gasteiger partial charge in [-0.2, -0.15) is 0 Å². The molecule has 0 amide bonds. The Bertz CT molecular complexity index is 475. The summed E-state index contributed by atoms with van der Waals surface area (Å²) in [5.41, 5.74) is 1.09. The third-order valence-electron chi connectivity index (χ3n) is 3.02. The molecule has 1 aliphatic heterocycles. The van der Waals surface area contributed by atoms with Crippen LogP contribution in [0.15, 0.2) is 24.3 Å². The van der Waals surface area contributed by atoms with Crippen LogP contribution >= 0.6 is 0 Å². The van der Waals surface area contributed by atoms with E-state index in [9.17, 15) is 13.5 Å². The van der Waals surface area contributed by atoms with Crippen LogP contribution in [0.2, 0.25) is 0 Å². The first-order valence-electron chi connectivity index (χ1n) is 5.37. The van der Waals surface area contributed by atoms with E-state index in [-0.39, 0.29) is 11.5 Å². The van der Waals surface area contributed by atoms with Crippen LogP contribution in [-0.2, 0) is 16.3 Å². The zero-order chi connectivity index (χ0) is 11.8. The zero-order valence-corrected chi connectivity index (χ0v) is 10.1. The summed E-state index contributed by atoms with van der Waals surface area (Å²) in [7, 11) is -3.03. The maximum Gasteiger partial charge on any atom is 0.153 e. The third kappa shape index (κ3) is 2.62. The van der Waals surface area contributed by atoms with Gasteiger partial charge < -0.3 is 5.11 Å². The Labute approximate surface area is 96.0 Å². The van der Waals surface area contributed by atoms with Crippen molar-refractivity contribution in [1.29, 1.82) is 0 Å². The van der Waals surface area contributed by atoms with Crippen LogP contribution in [0, 0.1) is 6.92 Å². The van der Waals surface area contributed by atoms with E-state index < -0.39 is 15.4 Å². The van der Waals surface area contributed by atoms with E-state index in [4.69, 9.17) is 0 Å². The first-order valence-corrected chi connectivity index (χ1v) is 7.19. The summed E-state index contributed by atoms with van der Waals surface area (Å²) < 4.78 is 22.7. The van der Waals surface area contributed by atoms with E-state index >= 15 is 0 Å². The summed E-state index contributed by atoms with van der Waals surface area (Å²) in [6.07, 6.45) is 0.774. The minimum Gasteiger partial charge on any atom is -0.388 e. The van der Waals surface area contributed by atoms with Crippen molar-refractivity contribution < 1.29 is 13.5 Å². The van der Waals surface area contributed by atoms with Gasteiger partial charge in [0.1, 0.15) is 0 Å². The van der Waals surface area contributed by atoms with Gasteiger partial charge in [-0.1, -0.05) is 29.8 Å². The number of sulfone groups is 1. The third-order valence-corrected chi connectivity index (χ3v) is 4.82. The average molecular weight is 240 g/mol. The lowest BCUT2D eigenvalue weighted by atomic mass is 9.94.